The summed E-state index contributed by atoms with van der Waals surface area (Å²) in [7, 11) is 0. The minimum absolute atomic E-state index is 0.902. The summed E-state index contributed by atoms with van der Waals surface area (Å²) in [5.74, 6) is 0. The van der Waals surface area contributed by atoms with Gasteiger partial charge in [0.05, 0.1) is 11.8 Å². The number of halogens is 1. The Balaban J connectivity index is 2.67. The molecule has 0 unspecified atom stereocenters. The van der Waals surface area contributed by atoms with E-state index < -0.39 is 0 Å². The Labute approximate surface area is 85.8 Å². The smallest absolute Gasteiger partial charge is 0.177 e. The van der Waals surface area contributed by atoms with Gasteiger partial charge in [0.15, 0.2) is 12.4 Å². The predicted octanol–water partition coefficient (Wildman–Crippen LogP) is 1.57. The molecule has 0 bridgehead atoms. The fraction of sp³-hybridized carbons (Fsp3) is 0.333. The van der Waals surface area contributed by atoms with Crippen LogP contribution in [-0.4, -0.2) is 16.8 Å². The van der Waals surface area contributed by atoms with E-state index in [1.165, 1.54) is 6.21 Å². The minimum atomic E-state index is 0.902. The molecule has 70 valence electrons. The molecule has 4 heteroatoms. The molecule has 1 rings (SSSR count). The van der Waals surface area contributed by atoms with E-state index >= 15 is 0 Å². The second kappa shape index (κ2) is 5.70. The summed E-state index contributed by atoms with van der Waals surface area (Å²) in [5.41, 5.74) is 0.902. The fourth-order valence-electron chi connectivity index (χ4n) is 1.07. The number of oxime groups is 1. The zero-order valence-electron chi connectivity index (χ0n) is 7.23. The highest BCUT2D eigenvalue weighted by atomic mass is 79.9. The highest BCUT2D eigenvalue weighted by Gasteiger charge is 1.99. The maximum atomic E-state index is 8.34. The quantitative estimate of drug-likeness (QED) is 0.282. The SMILES string of the molecule is ON=Cc1ccc[n+](CCCBr)c1. The molecule has 1 N–H and O–H groups in total. The van der Waals surface area contributed by atoms with Crippen molar-refractivity contribution < 1.29 is 9.77 Å². The number of alkyl halides is 1. The predicted molar refractivity (Wildman–Crippen MR) is 54.4 cm³/mol. The summed E-state index contributed by atoms with van der Waals surface area (Å²) >= 11 is 3.38. The summed E-state index contributed by atoms with van der Waals surface area (Å²) in [6.45, 7) is 0.971. The van der Waals surface area contributed by atoms with E-state index in [9.17, 15) is 0 Å². The standard InChI is InChI=1S/C9H11BrN2O/c10-4-2-6-12-5-1-3-9(8-12)7-11-13/h1,3,5,7-8H,2,4,6H2/p+1. The van der Waals surface area contributed by atoms with Gasteiger partial charge in [0.25, 0.3) is 0 Å². The van der Waals surface area contributed by atoms with Gasteiger partial charge in [-0.2, -0.15) is 0 Å². The van der Waals surface area contributed by atoms with Crippen LogP contribution in [0.4, 0.5) is 0 Å². The van der Waals surface area contributed by atoms with E-state index in [0.717, 1.165) is 23.9 Å². The molecule has 1 aromatic heterocycles. The zero-order valence-corrected chi connectivity index (χ0v) is 8.81. The van der Waals surface area contributed by atoms with Gasteiger partial charge in [-0.3, -0.25) is 0 Å². The number of aromatic nitrogens is 1. The van der Waals surface area contributed by atoms with E-state index in [4.69, 9.17) is 5.21 Å². The zero-order chi connectivity index (χ0) is 9.52. The van der Waals surface area contributed by atoms with Gasteiger partial charge in [-0.25, -0.2) is 4.57 Å². The third-order valence-corrected chi connectivity index (χ3v) is 2.20. The summed E-state index contributed by atoms with van der Waals surface area (Å²) in [6.07, 6.45) is 6.45. The van der Waals surface area contributed by atoms with Crippen molar-refractivity contribution in [2.24, 2.45) is 5.16 Å². The second-order valence-corrected chi connectivity index (χ2v) is 3.46. The van der Waals surface area contributed by atoms with Crippen molar-refractivity contribution in [3.8, 4) is 0 Å². The number of pyridine rings is 1. The van der Waals surface area contributed by atoms with Gasteiger partial charge in [-0.1, -0.05) is 21.1 Å². The number of rotatable bonds is 4. The average molecular weight is 244 g/mol. The fourth-order valence-corrected chi connectivity index (χ4v) is 1.32. The van der Waals surface area contributed by atoms with Crippen molar-refractivity contribution in [2.45, 2.75) is 13.0 Å². The molecule has 0 aliphatic heterocycles. The van der Waals surface area contributed by atoms with Gasteiger partial charge in [-0.05, 0) is 6.07 Å². The lowest BCUT2D eigenvalue weighted by Crippen LogP contribution is -2.33. The number of nitrogens with zero attached hydrogens (tertiary/aromatic N) is 2. The molecule has 0 fully saturated rings. The van der Waals surface area contributed by atoms with Crippen molar-refractivity contribution in [1.29, 1.82) is 0 Å². The molecule has 3 nitrogen and oxygen atoms in total. The molecule has 0 aliphatic carbocycles. The molecule has 13 heavy (non-hydrogen) atoms. The van der Waals surface area contributed by atoms with E-state index in [-0.39, 0.29) is 0 Å². The first-order valence-electron chi connectivity index (χ1n) is 4.09. The van der Waals surface area contributed by atoms with Crippen LogP contribution in [0.1, 0.15) is 12.0 Å². The summed E-state index contributed by atoms with van der Waals surface area (Å²) in [5, 5.41) is 12.3. The van der Waals surface area contributed by atoms with E-state index in [2.05, 4.69) is 25.7 Å². The average Bonchev–Trinajstić information content (AvgIpc) is 2.16. The molecule has 1 aromatic rings. The lowest BCUT2D eigenvalue weighted by Gasteiger charge is -1.94. The van der Waals surface area contributed by atoms with Crippen molar-refractivity contribution >= 4 is 22.1 Å². The topological polar surface area (TPSA) is 36.5 Å². The first kappa shape index (κ1) is 10.2. The van der Waals surface area contributed by atoms with Crippen molar-refractivity contribution in [2.75, 3.05) is 5.33 Å². The first-order valence-corrected chi connectivity index (χ1v) is 5.21. The Morgan fingerprint density at radius 3 is 3.15 bits per heavy atom. The van der Waals surface area contributed by atoms with Crippen LogP contribution < -0.4 is 4.57 Å². The van der Waals surface area contributed by atoms with E-state index in [0.29, 0.717) is 0 Å². The van der Waals surface area contributed by atoms with Crippen LogP contribution in [-0.2, 0) is 6.54 Å². The van der Waals surface area contributed by atoms with Gasteiger partial charge in [0, 0.05) is 17.8 Å². The molecule has 0 aliphatic rings. The highest BCUT2D eigenvalue weighted by molar-refractivity contribution is 9.09. The minimum Gasteiger partial charge on any atom is -0.411 e. The van der Waals surface area contributed by atoms with Crippen LogP contribution in [0.2, 0.25) is 0 Å². The highest BCUT2D eigenvalue weighted by Crippen LogP contribution is 1.91. The summed E-state index contributed by atoms with van der Waals surface area (Å²) < 4.78 is 2.07. The van der Waals surface area contributed by atoms with Gasteiger partial charge in [-0.15, -0.1) is 0 Å². The Hall–Kier alpha value is -0.900. The molecule has 0 spiro atoms. The van der Waals surface area contributed by atoms with E-state index in [1.54, 1.807) is 0 Å². The molecular weight excluding hydrogens is 232 g/mol. The van der Waals surface area contributed by atoms with Gasteiger partial charge >= 0.3 is 0 Å². The Bertz CT molecular complexity index is 289. The Morgan fingerprint density at radius 1 is 1.62 bits per heavy atom. The van der Waals surface area contributed by atoms with Crippen LogP contribution >= 0.6 is 15.9 Å². The second-order valence-electron chi connectivity index (χ2n) is 2.66. The molecule has 0 atom stereocenters. The van der Waals surface area contributed by atoms with Crippen molar-refractivity contribution in [3.05, 3.63) is 30.1 Å². The monoisotopic (exact) mass is 243 g/mol. The van der Waals surface area contributed by atoms with Gasteiger partial charge in [0.1, 0.15) is 6.54 Å². The Kier molecular flexibility index (Phi) is 4.46. The maximum absolute atomic E-state index is 8.34. The van der Waals surface area contributed by atoms with Crippen molar-refractivity contribution in [1.82, 2.24) is 0 Å². The lowest BCUT2D eigenvalue weighted by molar-refractivity contribution is -0.696. The number of hydrogen-bond acceptors (Lipinski definition) is 2. The third-order valence-electron chi connectivity index (χ3n) is 1.64. The Morgan fingerprint density at radius 2 is 2.46 bits per heavy atom. The molecule has 0 aromatic carbocycles. The normalized spacial score (nSPS) is 10.8. The molecule has 1 heterocycles. The third kappa shape index (κ3) is 3.55. The van der Waals surface area contributed by atoms with Crippen LogP contribution in [0.3, 0.4) is 0 Å². The molecule has 0 radical (unpaired) electrons. The molecule has 0 saturated carbocycles. The van der Waals surface area contributed by atoms with Gasteiger partial charge < -0.3 is 5.21 Å². The van der Waals surface area contributed by atoms with Crippen LogP contribution in [0.25, 0.3) is 0 Å². The van der Waals surface area contributed by atoms with Gasteiger partial charge in [0.2, 0.25) is 0 Å². The number of aryl methyl sites for hydroxylation is 1. The molecule has 0 amide bonds. The number of hydrogen-bond donors (Lipinski definition) is 1. The van der Waals surface area contributed by atoms with Crippen molar-refractivity contribution in [3.63, 3.8) is 0 Å². The maximum Gasteiger partial charge on any atom is 0.177 e. The van der Waals surface area contributed by atoms with Crippen LogP contribution in [0.15, 0.2) is 29.7 Å². The lowest BCUT2D eigenvalue weighted by atomic mass is 10.3. The van der Waals surface area contributed by atoms with E-state index in [1.807, 2.05) is 24.5 Å². The van der Waals surface area contributed by atoms with Crippen LogP contribution in [0.5, 0.6) is 0 Å². The molecule has 0 saturated heterocycles. The largest absolute Gasteiger partial charge is 0.411 e. The van der Waals surface area contributed by atoms with Crippen LogP contribution in [0, 0.1) is 0 Å². The first-order chi connectivity index (χ1) is 6.36. The summed E-state index contributed by atoms with van der Waals surface area (Å²) in [6, 6.07) is 3.83. The molecular formula is C9H12BrN2O+. The summed E-state index contributed by atoms with van der Waals surface area (Å²) in [4.78, 5) is 0.